The van der Waals surface area contributed by atoms with E-state index in [2.05, 4.69) is 34.1 Å². The van der Waals surface area contributed by atoms with E-state index in [9.17, 15) is 0 Å². The number of hydrogen-bond acceptors (Lipinski definition) is 6. The fourth-order valence-corrected chi connectivity index (χ4v) is 3.88. The first-order valence-electron chi connectivity index (χ1n) is 9.66. The molecule has 1 N–H and O–H groups in total. The summed E-state index contributed by atoms with van der Waals surface area (Å²) >= 11 is 0. The Bertz CT molecular complexity index is 739. The fraction of sp³-hybridized carbons (Fsp3) is 0.550. The summed E-state index contributed by atoms with van der Waals surface area (Å²) in [7, 11) is 2.20. The smallest absolute Gasteiger partial charge is 0.161 e. The van der Waals surface area contributed by atoms with Crippen molar-refractivity contribution >= 4 is 5.82 Å². The lowest BCUT2D eigenvalue weighted by atomic mass is 10.2. The van der Waals surface area contributed by atoms with Crippen LogP contribution in [-0.2, 0) is 12.8 Å². The number of pyridine rings is 1. The zero-order valence-corrected chi connectivity index (χ0v) is 15.8. The summed E-state index contributed by atoms with van der Waals surface area (Å²) in [5, 5.41) is 3.69. The summed E-state index contributed by atoms with van der Waals surface area (Å²) in [6.45, 7) is 7.91. The first-order valence-corrected chi connectivity index (χ1v) is 9.66. The van der Waals surface area contributed by atoms with E-state index in [-0.39, 0.29) is 0 Å². The van der Waals surface area contributed by atoms with Gasteiger partial charge in [0.15, 0.2) is 5.82 Å². The van der Waals surface area contributed by atoms with Crippen LogP contribution in [0.15, 0.2) is 24.5 Å². The molecule has 1 unspecified atom stereocenters. The summed E-state index contributed by atoms with van der Waals surface area (Å²) in [6.07, 6.45) is 6.91. The van der Waals surface area contributed by atoms with Crippen LogP contribution in [0, 0.1) is 0 Å². The molecular weight excluding hydrogens is 324 g/mol. The van der Waals surface area contributed by atoms with E-state index in [4.69, 9.17) is 9.97 Å². The normalized spacial score (nSPS) is 19.3. The van der Waals surface area contributed by atoms with Gasteiger partial charge >= 0.3 is 0 Å². The molecule has 1 aliphatic heterocycles. The summed E-state index contributed by atoms with van der Waals surface area (Å²) < 4.78 is 0. The Morgan fingerprint density at radius 2 is 1.85 bits per heavy atom. The molecule has 1 saturated heterocycles. The molecule has 138 valence electrons. The first-order chi connectivity index (χ1) is 12.7. The predicted molar refractivity (Wildman–Crippen MR) is 104 cm³/mol. The van der Waals surface area contributed by atoms with Gasteiger partial charge in [0, 0.05) is 68.0 Å². The molecule has 0 aromatic carbocycles. The van der Waals surface area contributed by atoms with Crippen LogP contribution in [0.4, 0.5) is 5.82 Å². The molecule has 2 aromatic heterocycles. The van der Waals surface area contributed by atoms with Crippen molar-refractivity contribution in [1.29, 1.82) is 0 Å². The second-order valence-corrected chi connectivity index (χ2v) is 7.56. The molecule has 6 heteroatoms. The number of rotatable bonds is 5. The van der Waals surface area contributed by atoms with Crippen molar-refractivity contribution in [2.24, 2.45) is 0 Å². The molecule has 1 atom stereocenters. The van der Waals surface area contributed by atoms with Crippen molar-refractivity contribution in [3.05, 3.63) is 35.8 Å². The molecule has 0 amide bonds. The Balaban J connectivity index is 1.51. The van der Waals surface area contributed by atoms with E-state index in [1.165, 1.54) is 17.7 Å². The number of hydrogen-bond donors (Lipinski definition) is 1. The molecule has 6 nitrogen and oxygen atoms in total. The highest BCUT2D eigenvalue weighted by atomic mass is 15.3. The van der Waals surface area contributed by atoms with Gasteiger partial charge in [-0.25, -0.2) is 9.97 Å². The average Bonchev–Trinajstić information content (AvgIpc) is 3.13. The third-order valence-electron chi connectivity index (χ3n) is 5.38. The van der Waals surface area contributed by atoms with Gasteiger partial charge in [0.25, 0.3) is 0 Å². The van der Waals surface area contributed by atoms with E-state index >= 15 is 0 Å². The third kappa shape index (κ3) is 3.86. The molecule has 1 aliphatic carbocycles. The highest BCUT2D eigenvalue weighted by molar-refractivity contribution is 5.60. The minimum atomic E-state index is 0.364. The summed E-state index contributed by atoms with van der Waals surface area (Å²) in [5.74, 6) is 1.84. The number of anilines is 1. The number of aromatic nitrogens is 3. The standard InChI is InChI=1S/C20H28N6/c1-15(14-26-12-10-25(2)11-13-26)22-20-17-4-3-5-18(17)23-19(24-20)16-6-8-21-9-7-16/h6-9,15H,3-5,10-14H2,1-2H3,(H,22,23,24). The van der Waals surface area contributed by atoms with Gasteiger partial charge in [0.05, 0.1) is 0 Å². The van der Waals surface area contributed by atoms with E-state index in [0.29, 0.717) is 6.04 Å². The molecular formula is C20H28N6. The van der Waals surface area contributed by atoms with Crippen LogP contribution in [0.2, 0.25) is 0 Å². The lowest BCUT2D eigenvalue weighted by molar-refractivity contribution is 0.151. The molecule has 3 heterocycles. The van der Waals surface area contributed by atoms with Crippen LogP contribution in [0.3, 0.4) is 0 Å². The van der Waals surface area contributed by atoms with Gasteiger partial charge in [-0.3, -0.25) is 9.88 Å². The Labute approximate surface area is 155 Å². The number of nitrogens with zero attached hydrogens (tertiary/aromatic N) is 5. The molecule has 1 fully saturated rings. The van der Waals surface area contributed by atoms with Crippen LogP contribution in [0.5, 0.6) is 0 Å². The van der Waals surface area contributed by atoms with Crippen LogP contribution in [0.25, 0.3) is 11.4 Å². The van der Waals surface area contributed by atoms with Crippen molar-refractivity contribution in [1.82, 2.24) is 24.8 Å². The van der Waals surface area contributed by atoms with Crippen molar-refractivity contribution in [2.45, 2.75) is 32.2 Å². The first kappa shape index (κ1) is 17.4. The number of fused-ring (bicyclic) bond motifs is 1. The van der Waals surface area contributed by atoms with E-state index < -0.39 is 0 Å². The highest BCUT2D eigenvalue weighted by Crippen LogP contribution is 2.29. The molecule has 2 aromatic rings. The van der Waals surface area contributed by atoms with Crippen LogP contribution in [0.1, 0.15) is 24.6 Å². The molecule has 0 radical (unpaired) electrons. The van der Waals surface area contributed by atoms with Gasteiger partial charge in [-0.1, -0.05) is 0 Å². The Morgan fingerprint density at radius 1 is 1.08 bits per heavy atom. The summed E-state index contributed by atoms with van der Waals surface area (Å²) in [6, 6.07) is 4.32. The van der Waals surface area contributed by atoms with Gasteiger partial charge in [-0.05, 0) is 45.4 Å². The summed E-state index contributed by atoms with van der Waals surface area (Å²) in [4.78, 5) is 18.7. The van der Waals surface area contributed by atoms with E-state index in [0.717, 1.165) is 62.8 Å². The second kappa shape index (κ2) is 7.68. The minimum absolute atomic E-state index is 0.364. The fourth-order valence-electron chi connectivity index (χ4n) is 3.88. The van der Waals surface area contributed by atoms with Gasteiger partial charge < -0.3 is 10.2 Å². The predicted octanol–water partition coefficient (Wildman–Crippen LogP) is 2.08. The zero-order valence-electron chi connectivity index (χ0n) is 15.8. The van der Waals surface area contributed by atoms with Crippen molar-refractivity contribution in [2.75, 3.05) is 45.1 Å². The average molecular weight is 352 g/mol. The van der Waals surface area contributed by atoms with Crippen LogP contribution in [-0.4, -0.2) is 70.6 Å². The lowest BCUT2D eigenvalue weighted by Gasteiger charge is -2.34. The van der Waals surface area contributed by atoms with Gasteiger partial charge in [-0.2, -0.15) is 0 Å². The van der Waals surface area contributed by atoms with Crippen LogP contribution >= 0.6 is 0 Å². The Hall–Kier alpha value is -2.05. The lowest BCUT2D eigenvalue weighted by Crippen LogP contribution is -2.47. The maximum atomic E-state index is 4.88. The quantitative estimate of drug-likeness (QED) is 0.889. The highest BCUT2D eigenvalue weighted by Gasteiger charge is 2.22. The van der Waals surface area contributed by atoms with E-state index in [1.807, 2.05) is 12.1 Å². The minimum Gasteiger partial charge on any atom is -0.366 e. The zero-order chi connectivity index (χ0) is 17.9. The monoisotopic (exact) mass is 352 g/mol. The molecule has 0 spiro atoms. The number of nitrogens with one attached hydrogen (secondary N) is 1. The Morgan fingerprint density at radius 3 is 2.62 bits per heavy atom. The van der Waals surface area contributed by atoms with Crippen molar-refractivity contribution in [3.63, 3.8) is 0 Å². The summed E-state index contributed by atoms with van der Waals surface area (Å²) in [5.41, 5.74) is 3.55. The third-order valence-corrected chi connectivity index (χ3v) is 5.38. The molecule has 0 saturated carbocycles. The molecule has 2 aliphatic rings. The topological polar surface area (TPSA) is 57.2 Å². The maximum Gasteiger partial charge on any atom is 0.161 e. The molecule has 0 bridgehead atoms. The largest absolute Gasteiger partial charge is 0.366 e. The maximum absolute atomic E-state index is 4.88. The van der Waals surface area contributed by atoms with E-state index in [1.54, 1.807) is 12.4 Å². The van der Waals surface area contributed by atoms with Gasteiger partial charge in [-0.15, -0.1) is 0 Å². The number of aryl methyl sites for hydroxylation is 1. The van der Waals surface area contributed by atoms with Crippen LogP contribution < -0.4 is 5.32 Å². The SMILES string of the molecule is CC(CN1CCN(C)CC1)Nc1nc(-c2ccncc2)nc2c1CCC2. The van der Waals surface area contributed by atoms with Crippen molar-refractivity contribution in [3.8, 4) is 11.4 Å². The number of likely N-dealkylation sites (N-methyl/N-ethyl adjacent to an activating group) is 1. The second-order valence-electron chi connectivity index (χ2n) is 7.56. The molecule has 26 heavy (non-hydrogen) atoms. The van der Waals surface area contributed by atoms with Gasteiger partial charge in [0.1, 0.15) is 5.82 Å². The van der Waals surface area contributed by atoms with Gasteiger partial charge in [0.2, 0.25) is 0 Å². The number of piperazine rings is 1. The molecule has 4 rings (SSSR count). The Kier molecular flexibility index (Phi) is 5.13. The van der Waals surface area contributed by atoms with Crippen molar-refractivity contribution < 1.29 is 0 Å².